The van der Waals surface area contributed by atoms with E-state index in [1.165, 1.54) is 12.8 Å². The summed E-state index contributed by atoms with van der Waals surface area (Å²) in [5.74, 6) is 2.45. The molecule has 1 aromatic heterocycles. The Balaban J connectivity index is 1.46. The molecule has 0 unspecified atom stereocenters. The molecular weight excluding hydrogens is 292 g/mol. The lowest BCUT2D eigenvalue weighted by Crippen LogP contribution is -2.38. The van der Waals surface area contributed by atoms with Gasteiger partial charge >= 0.3 is 0 Å². The van der Waals surface area contributed by atoms with Crippen molar-refractivity contribution in [1.29, 1.82) is 0 Å². The Kier molecular flexibility index (Phi) is 5.43. The fourth-order valence-corrected chi connectivity index (χ4v) is 3.77. The second-order valence-corrected chi connectivity index (χ2v) is 6.50. The topological polar surface area (TPSA) is 58.6 Å². The highest BCUT2D eigenvalue weighted by atomic mass is 16.5. The van der Waals surface area contributed by atoms with Crippen LogP contribution in [0.15, 0.2) is 18.5 Å². The van der Waals surface area contributed by atoms with Gasteiger partial charge in [-0.25, -0.2) is 9.97 Å². The van der Waals surface area contributed by atoms with Crippen LogP contribution >= 0.6 is 0 Å². The fourth-order valence-electron chi connectivity index (χ4n) is 3.77. The Morgan fingerprint density at radius 3 is 2.57 bits per heavy atom. The highest BCUT2D eigenvalue weighted by molar-refractivity contribution is 5.76. The van der Waals surface area contributed by atoms with E-state index in [1.54, 1.807) is 19.5 Å². The third-order valence-corrected chi connectivity index (χ3v) is 5.14. The average molecular weight is 318 g/mol. The van der Waals surface area contributed by atoms with Crippen LogP contribution in [0.25, 0.3) is 0 Å². The first-order valence-corrected chi connectivity index (χ1v) is 8.56. The number of hydrogen-bond donors (Lipinski definition) is 0. The minimum atomic E-state index is 0.240. The minimum Gasteiger partial charge on any atom is -0.384 e. The van der Waals surface area contributed by atoms with Crippen molar-refractivity contribution in [3.63, 3.8) is 0 Å². The minimum absolute atomic E-state index is 0.240. The van der Waals surface area contributed by atoms with Gasteiger partial charge in [0.15, 0.2) is 0 Å². The molecule has 3 rings (SSSR count). The Morgan fingerprint density at radius 2 is 1.87 bits per heavy atom. The van der Waals surface area contributed by atoms with Gasteiger partial charge in [-0.2, -0.15) is 0 Å². The molecule has 1 aromatic rings. The van der Waals surface area contributed by atoms with Gasteiger partial charge in [0.05, 0.1) is 13.0 Å². The molecule has 0 N–H and O–H groups in total. The highest BCUT2D eigenvalue weighted by Crippen LogP contribution is 2.32. The summed E-state index contributed by atoms with van der Waals surface area (Å²) in [4.78, 5) is 25.1. The van der Waals surface area contributed by atoms with Crippen molar-refractivity contribution >= 4 is 11.9 Å². The van der Waals surface area contributed by atoms with E-state index in [2.05, 4.69) is 14.9 Å². The van der Waals surface area contributed by atoms with E-state index >= 15 is 0 Å². The Labute approximate surface area is 137 Å². The zero-order valence-electron chi connectivity index (χ0n) is 13.9. The average Bonchev–Trinajstić information content (AvgIpc) is 3.11. The number of amides is 1. The van der Waals surface area contributed by atoms with Crippen molar-refractivity contribution in [2.75, 3.05) is 44.8 Å². The van der Waals surface area contributed by atoms with Crippen LogP contribution < -0.4 is 4.90 Å². The standard InChI is InChI=1S/C17H26N4O2/c1-23-12-6-16(22)21-11-5-15(13-21)14-3-9-20(10-4-14)17-18-7-2-8-19-17/h2,7-8,14-15H,3-6,9-13H2,1H3/t15-/m1/s1. The van der Waals surface area contributed by atoms with E-state index in [-0.39, 0.29) is 5.91 Å². The van der Waals surface area contributed by atoms with Crippen LogP contribution in [0.2, 0.25) is 0 Å². The first-order valence-electron chi connectivity index (χ1n) is 8.56. The second kappa shape index (κ2) is 7.73. The zero-order chi connectivity index (χ0) is 16.1. The van der Waals surface area contributed by atoms with E-state index in [4.69, 9.17) is 4.74 Å². The summed E-state index contributed by atoms with van der Waals surface area (Å²) in [5, 5.41) is 0. The lowest BCUT2D eigenvalue weighted by atomic mass is 9.84. The number of carbonyl (C=O) groups is 1. The molecule has 1 atom stereocenters. The number of piperidine rings is 1. The van der Waals surface area contributed by atoms with Crippen molar-refractivity contribution < 1.29 is 9.53 Å². The van der Waals surface area contributed by atoms with Crippen LogP contribution in [0.3, 0.4) is 0 Å². The molecular formula is C17H26N4O2. The van der Waals surface area contributed by atoms with E-state index < -0.39 is 0 Å². The van der Waals surface area contributed by atoms with Crippen LogP contribution in [0.5, 0.6) is 0 Å². The molecule has 2 aliphatic rings. The fraction of sp³-hybridized carbons (Fsp3) is 0.706. The molecule has 3 heterocycles. The van der Waals surface area contributed by atoms with Crippen LogP contribution in [0.1, 0.15) is 25.7 Å². The van der Waals surface area contributed by atoms with E-state index in [1.807, 2.05) is 11.0 Å². The van der Waals surface area contributed by atoms with E-state index in [9.17, 15) is 4.79 Å². The van der Waals surface area contributed by atoms with Crippen molar-refractivity contribution in [2.24, 2.45) is 11.8 Å². The van der Waals surface area contributed by atoms with Gasteiger partial charge in [0, 0.05) is 45.7 Å². The third-order valence-electron chi connectivity index (χ3n) is 5.14. The van der Waals surface area contributed by atoms with Gasteiger partial charge in [-0.15, -0.1) is 0 Å². The van der Waals surface area contributed by atoms with Crippen molar-refractivity contribution in [1.82, 2.24) is 14.9 Å². The smallest absolute Gasteiger partial charge is 0.225 e. The zero-order valence-corrected chi connectivity index (χ0v) is 13.9. The van der Waals surface area contributed by atoms with Gasteiger partial charge in [-0.05, 0) is 37.2 Å². The predicted molar refractivity (Wildman–Crippen MR) is 88.1 cm³/mol. The van der Waals surface area contributed by atoms with Crippen molar-refractivity contribution in [2.45, 2.75) is 25.7 Å². The first-order chi connectivity index (χ1) is 11.3. The first kappa shape index (κ1) is 16.2. The van der Waals surface area contributed by atoms with Gasteiger partial charge in [0.2, 0.25) is 11.9 Å². The van der Waals surface area contributed by atoms with Crippen LogP contribution in [0, 0.1) is 11.8 Å². The largest absolute Gasteiger partial charge is 0.384 e. The summed E-state index contributed by atoms with van der Waals surface area (Å²) in [5.41, 5.74) is 0. The maximum atomic E-state index is 12.1. The molecule has 2 aliphatic heterocycles. The van der Waals surface area contributed by atoms with E-state index in [0.29, 0.717) is 18.9 Å². The van der Waals surface area contributed by atoms with Gasteiger partial charge in [-0.1, -0.05) is 0 Å². The number of anilines is 1. The lowest BCUT2D eigenvalue weighted by Gasteiger charge is -2.34. The second-order valence-electron chi connectivity index (χ2n) is 6.50. The Hall–Kier alpha value is -1.69. The molecule has 0 bridgehead atoms. The molecule has 23 heavy (non-hydrogen) atoms. The van der Waals surface area contributed by atoms with Gasteiger partial charge in [0.25, 0.3) is 0 Å². The molecule has 126 valence electrons. The summed E-state index contributed by atoms with van der Waals surface area (Å²) in [7, 11) is 1.64. The lowest BCUT2D eigenvalue weighted by molar-refractivity contribution is -0.131. The number of likely N-dealkylation sites (tertiary alicyclic amines) is 1. The molecule has 1 amide bonds. The summed E-state index contributed by atoms with van der Waals surface area (Å²) in [6.45, 7) is 4.39. The number of hydrogen-bond acceptors (Lipinski definition) is 5. The van der Waals surface area contributed by atoms with Gasteiger partial charge < -0.3 is 14.5 Å². The van der Waals surface area contributed by atoms with Crippen molar-refractivity contribution in [3.8, 4) is 0 Å². The van der Waals surface area contributed by atoms with Gasteiger partial charge in [-0.3, -0.25) is 4.79 Å². The maximum Gasteiger partial charge on any atom is 0.225 e. The molecule has 2 fully saturated rings. The van der Waals surface area contributed by atoms with Crippen LogP contribution in [-0.2, 0) is 9.53 Å². The number of carbonyl (C=O) groups excluding carboxylic acids is 1. The van der Waals surface area contributed by atoms with Crippen LogP contribution in [-0.4, -0.2) is 60.7 Å². The monoisotopic (exact) mass is 318 g/mol. The summed E-state index contributed by atoms with van der Waals surface area (Å²) in [6.07, 6.45) is 7.59. The molecule has 2 saturated heterocycles. The van der Waals surface area contributed by atoms with Crippen LogP contribution in [0.4, 0.5) is 5.95 Å². The predicted octanol–water partition coefficient (Wildman–Crippen LogP) is 1.58. The molecule has 0 aliphatic carbocycles. The molecule has 0 radical (unpaired) electrons. The third kappa shape index (κ3) is 3.99. The SMILES string of the molecule is COCCC(=O)N1CC[C@@H](C2CCN(c3ncccn3)CC2)C1. The quantitative estimate of drug-likeness (QED) is 0.825. The number of methoxy groups -OCH3 is 1. The number of rotatable bonds is 5. The summed E-state index contributed by atoms with van der Waals surface area (Å²) >= 11 is 0. The van der Waals surface area contributed by atoms with E-state index in [0.717, 1.165) is 44.5 Å². The number of aromatic nitrogens is 2. The summed E-state index contributed by atoms with van der Waals surface area (Å²) in [6, 6.07) is 1.85. The van der Waals surface area contributed by atoms with Gasteiger partial charge in [0.1, 0.15) is 0 Å². The normalized spacial score (nSPS) is 22.6. The molecule has 0 saturated carbocycles. The number of ether oxygens (including phenoxy) is 1. The summed E-state index contributed by atoms with van der Waals surface area (Å²) < 4.78 is 5.00. The van der Waals surface area contributed by atoms with Crippen molar-refractivity contribution in [3.05, 3.63) is 18.5 Å². The molecule has 0 spiro atoms. The Bertz CT molecular complexity index is 503. The Morgan fingerprint density at radius 1 is 1.17 bits per heavy atom. The molecule has 6 heteroatoms. The molecule has 6 nitrogen and oxygen atoms in total. The number of nitrogens with zero attached hydrogens (tertiary/aromatic N) is 4. The maximum absolute atomic E-state index is 12.1. The highest BCUT2D eigenvalue weighted by Gasteiger charge is 2.33. The molecule has 0 aromatic carbocycles.